The van der Waals surface area contributed by atoms with Gasteiger partial charge in [-0.2, -0.15) is 0 Å². The number of pyridine rings is 1. The molecule has 0 saturated carbocycles. The molecule has 8 heteroatoms. The Bertz CT molecular complexity index is 605. The Kier molecular flexibility index (Phi) is 9.73. The van der Waals surface area contributed by atoms with Gasteiger partial charge in [-0.3, -0.25) is 4.90 Å². The van der Waals surface area contributed by atoms with Gasteiger partial charge in [0, 0.05) is 51.0 Å². The predicted octanol–water partition coefficient (Wildman–Crippen LogP) is 2.36. The van der Waals surface area contributed by atoms with Crippen LogP contribution in [0.2, 0.25) is 0 Å². The molecule has 0 spiro atoms. The van der Waals surface area contributed by atoms with Crippen LogP contribution in [0.1, 0.15) is 32.8 Å². The summed E-state index contributed by atoms with van der Waals surface area (Å²) >= 11 is 0. The van der Waals surface area contributed by atoms with Crippen molar-refractivity contribution in [2.75, 3.05) is 45.9 Å². The van der Waals surface area contributed by atoms with Crippen molar-refractivity contribution in [3.8, 4) is 5.88 Å². The molecule has 1 aromatic rings. The molecule has 2 aliphatic rings. The van der Waals surface area contributed by atoms with E-state index in [1.165, 1.54) is 6.42 Å². The summed E-state index contributed by atoms with van der Waals surface area (Å²) in [7, 11) is 0. The number of ether oxygens (including phenoxy) is 2. The molecule has 3 rings (SSSR count). The average Bonchev–Trinajstić information content (AvgIpc) is 3.17. The topological polar surface area (TPSA) is 62.2 Å². The van der Waals surface area contributed by atoms with Crippen LogP contribution in [0.5, 0.6) is 5.88 Å². The van der Waals surface area contributed by atoms with Gasteiger partial charge in [0.15, 0.2) is 5.96 Å². The van der Waals surface area contributed by atoms with Crippen LogP contribution in [0.25, 0.3) is 0 Å². The summed E-state index contributed by atoms with van der Waals surface area (Å²) in [6, 6.07) is 4.56. The van der Waals surface area contributed by atoms with Gasteiger partial charge in [-0.15, -0.1) is 24.0 Å². The van der Waals surface area contributed by atoms with Gasteiger partial charge in [0.2, 0.25) is 5.88 Å². The van der Waals surface area contributed by atoms with Gasteiger partial charge in [-0.1, -0.05) is 6.07 Å². The van der Waals surface area contributed by atoms with E-state index in [9.17, 15) is 0 Å². The smallest absolute Gasteiger partial charge is 0.213 e. The zero-order valence-corrected chi connectivity index (χ0v) is 19.6. The van der Waals surface area contributed by atoms with Crippen molar-refractivity contribution in [1.82, 2.24) is 20.1 Å². The molecule has 0 aliphatic carbocycles. The molecule has 0 radical (unpaired) electrons. The van der Waals surface area contributed by atoms with E-state index < -0.39 is 0 Å². The molecule has 2 aliphatic heterocycles. The molecule has 0 bridgehead atoms. The number of aliphatic imine (C=N–C) groups is 1. The first-order valence-corrected chi connectivity index (χ1v) is 10.1. The van der Waals surface area contributed by atoms with Crippen LogP contribution in [0.4, 0.5) is 0 Å². The van der Waals surface area contributed by atoms with Crippen LogP contribution in [0, 0.1) is 0 Å². The van der Waals surface area contributed by atoms with E-state index in [2.05, 4.69) is 27.0 Å². The summed E-state index contributed by atoms with van der Waals surface area (Å²) in [5.41, 5.74) is 1.09. The molecule has 1 N–H and O–H groups in total. The van der Waals surface area contributed by atoms with Gasteiger partial charge >= 0.3 is 0 Å². The highest BCUT2D eigenvalue weighted by molar-refractivity contribution is 14.0. The maximum atomic E-state index is 5.60. The minimum atomic E-state index is 0. The second-order valence-corrected chi connectivity index (χ2v) is 7.38. The first-order chi connectivity index (χ1) is 13.2. The lowest BCUT2D eigenvalue weighted by atomic mass is 10.2. The standard InChI is InChI=1S/C20H33N5O2.HI/c1-4-21-20(23-14-17-5-6-19(22-13-17)27-16(2)3)25-8-7-18(15-25)24-9-11-26-12-10-24;/h5-6,13,16,18H,4,7-12,14-15H2,1-3H3,(H,21,23);1H. The molecule has 1 atom stereocenters. The van der Waals surface area contributed by atoms with Crippen LogP contribution >= 0.6 is 24.0 Å². The first-order valence-electron chi connectivity index (χ1n) is 10.1. The SMILES string of the molecule is CCNC(=NCc1ccc(OC(C)C)nc1)N1CCC(N2CCOCC2)C1.I. The van der Waals surface area contributed by atoms with Crippen molar-refractivity contribution in [2.45, 2.75) is 45.9 Å². The highest BCUT2D eigenvalue weighted by Gasteiger charge is 2.30. The fourth-order valence-corrected chi connectivity index (χ4v) is 3.58. The lowest BCUT2D eigenvalue weighted by Gasteiger charge is -2.32. The summed E-state index contributed by atoms with van der Waals surface area (Å²) in [5, 5.41) is 3.44. The van der Waals surface area contributed by atoms with Crippen LogP contribution in [-0.2, 0) is 11.3 Å². The molecule has 2 saturated heterocycles. The third-order valence-electron chi connectivity index (χ3n) is 4.93. The van der Waals surface area contributed by atoms with E-state index >= 15 is 0 Å². The third-order valence-corrected chi connectivity index (χ3v) is 4.93. The molecule has 0 aromatic carbocycles. The Morgan fingerprint density at radius 1 is 1.32 bits per heavy atom. The third kappa shape index (κ3) is 6.73. The average molecular weight is 503 g/mol. The Hall–Kier alpha value is -1.13. The van der Waals surface area contributed by atoms with Crippen molar-refractivity contribution >= 4 is 29.9 Å². The molecule has 3 heterocycles. The number of morpholine rings is 1. The van der Waals surface area contributed by atoms with Crippen LogP contribution in [-0.4, -0.2) is 78.8 Å². The van der Waals surface area contributed by atoms with Crippen LogP contribution in [0.3, 0.4) is 0 Å². The molecule has 28 heavy (non-hydrogen) atoms. The highest BCUT2D eigenvalue weighted by Crippen LogP contribution is 2.17. The van der Waals surface area contributed by atoms with Gasteiger partial charge in [-0.05, 0) is 32.8 Å². The van der Waals surface area contributed by atoms with Crippen LogP contribution < -0.4 is 10.1 Å². The molecular formula is C20H34IN5O2. The summed E-state index contributed by atoms with van der Waals surface area (Å²) in [4.78, 5) is 14.2. The number of guanidine groups is 1. The molecule has 2 fully saturated rings. The van der Waals surface area contributed by atoms with E-state index in [-0.39, 0.29) is 30.1 Å². The van der Waals surface area contributed by atoms with E-state index in [1.807, 2.05) is 32.2 Å². The summed E-state index contributed by atoms with van der Waals surface area (Å²) in [6.45, 7) is 13.5. The lowest BCUT2D eigenvalue weighted by molar-refractivity contribution is 0.0195. The minimum Gasteiger partial charge on any atom is -0.475 e. The molecular weight excluding hydrogens is 469 g/mol. The number of nitrogens with zero attached hydrogens (tertiary/aromatic N) is 4. The zero-order valence-electron chi connectivity index (χ0n) is 17.3. The molecule has 158 valence electrons. The van der Waals surface area contributed by atoms with Gasteiger partial charge in [0.1, 0.15) is 0 Å². The maximum Gasteiger partial charge on any atom is 0.213 e. The first kappa shape index (κ1) is 23.2. The highest BCUT2D eigenvalue weighted by atomic mass is 127. The van der Waals surface area contributed by atoms with E-state index in [0.717, 1.165) is 57.5 Å². The number of hydrogen-bond donors (Lipinski definition) is 1. The van der Waals surface area contributed by atoms with Crippen molar-refractivity contribution in [3.05, 3.63) is 23.9 Å². The number of nitrogens with one attached hydrogen (secondary N) is 1. The second-order valence-electron chi connectivity index (χ2n) is 7.38. The molecule has 0 amide bonds. The normalized spacial score (nSPS) is 20.9. The predicted molar refractivity (Wildman–Crippen MR) is 123 cm³/mol. The van der Waals surface area contributed by atoms with E-state index in [0.29, 0.717) is 18.5 Å². The minimum absolute atomic E-state index is 0. The largest absolute Gasteiger partial charge is 0.475 e. The van der Waals surface area contributed by atoms with Gasteiger partial charge in [0.05, 0.1) is 25.9 Å². The quantitative estimate of drug-likeness (QED) is 0.366. The summed E-state index contributed by atoms with van der Waals surface area (Å²) in [6.07, 6.45) is 3.18. The molecule has 7 nitrogen and oxygen atoms in total. The van der Waals surface area contributed by atoms with Crippen molar-refractivity contribution in [1.29, 1.82) is 0 Å². The number of aromatic nitrogens is 1. The number of rotatable bonds is 6. The Morgan fingerprint density at radius 2 is 2.11 bits per heavy atom. The second kappa shape index (κ2) is 11.8. The molecule has 1 aromatic heterocycles. The summed E-state index contributed by atoms with van der Waals surface area (Å²) < 4.78 is 11.1. The number of hydrogen-bond acceptors (Lipinski definition) is 5. The fourth-order valence-electron chi connectivity index (χ4n) is 3.58. The monoisotopic (exact) mass is 503 g/mol. The molecule has 1 unspecified atom stereocenters. The maximum absolute atomic E-state index is 5.60. The van der Waals surface area contributed by atoms with Crippen molar-refractivity contribution < 1.29 is 9.47 Å². The number of halogens is 1. The van der Waals surface area contributed by atoms with Crippen molar-refractivity contribution in [2.24, 2.45) is 4.99 Å². The summed E-state index contributed by atoms with van der Waals surface area (Å²) in [5.74, 6) is 1.66. The Balaban J connectivity index is 0.00000280. The van der Waals surface area contributed by atoms with Gasteiger partial charge in [0.25, 0.3) is 0 Å². The van der Waals surface area contributed by atoms with Gasteiger partial charge < -0.3 is 19.7 Å². The van der Waals surface area contributed by atoms with Crippen LogP contribution in [0.15, 0.2) is 23.3 Å². The lowest BCUT2D eigenvalue weighted by Crippen LogP contribution is -2.46. The Labute approximate surface area is 185 Å². The Morgan fingerprint density at radius 3 is 2.75 bits per heavy atom. The van der Waals surface area contributed by atoms with Crippen molar-refractivity contribution in [3.63, 3.8) is 0 Å². The number of likely N-dealkylation sites (tertiary alicyclic amines) is 1. The van der Waals surface area contributed by atoms with E-state index in [4.69, 9.17) is 14.5 Å². The zero-order chi connectivity index (χ0) is 19.1. The van der Waals surface area contributed by atoms with Gasteiger partial charge in [-0.25, -0.2) is 9.98 Å². The fraction of sp³-hybridized carbons (Fsp3) is 0.700. The van der Waals surface area contributed by atoms with E-state index in [1.54, 1.807) is 0 Å².